The zero-order chi connectivity index (χ0) is 17.2. The second kappa shape index (κ2) is 17.8. The largest absolute Gasteiger partial charge is 0.481 e. The van der Waals surface area contributed by atoms with Gasteiger partial charge in [-0.3, -0.25) is 4.79 Å². The number of carbonyl (C=O) groups is 1. The topological polar surface area (TPSA) is 37.3 Å². The molecule has 0 saturated carbocycles. The van der Waals surface area contributed by atoms with Crippen molar-refractivity contribution >= 4 is 5.97 Å². The van der Waals surface area contributed by atoms with Crippen LogP contribution in [0.3, 0.4) is 0 Å². The molecule has 0 bridgehead atoms. The molecule has 0 spiro atoms. The number of aliphatic carboxylic acids is 1. The summed E-state index contributed by atoms with van der Waals surface area (Å²) < 4.78 is 0. The average molecular weight is 327 g/mol. The minimum Gasteiger partial charge on any atom is -0.481 e. The van der Waals surface area contributed by atoms with E-state index in [0.717, 1.165) is 25.7 Å². The van der Waals surface area contributed by atoms with Gasteiger partial charge in [0.1, 0.15) is 0 Å². The second-order valence-electron chi connectivity index (χ2n) is 7.21. The summed E-state index contributed by atoms with van der Waals surface area (Å²) in [6, 6.07) is 0. The van der Waals surface area contributed by atoms with Gasteiger partial charge in [0.15, 0.2) is 0 Å². The molecule has 1 atom stereocenters. The lowest BCUT2D eigenvalue weighted by Crippen LogP contribution is -2.13. The number of unbranched alkanes of at least 4 members (excludes halogenated alkanes) is 13. The van der Waals surface area contributed by atoms with Gasteiger partial charge in [0.25, 0.3) is 0 Å². The Hall–Kier alpha value is -0.530. The molecule has 0 saturated heterocycles. The fourth-order valence-electron chi connectivity index (χ4n) is 3.26. The van der Waals surface area contributed by atoms with Crippen molar-refractivity contribution in [2.45, 2.75) is 123 Å². The van der Waals surface area contributed by atoms with Gasteiger partial charge in [-0.15, -0.1) is 0 Å². The smallest absolute Gasteiger partial charge is 0.306 e. The van der Waals surface area contributed by atoms with Crippen LogP contribution in [0.5, 0.6) is 0 Å². The van der Waals surface area contributed by atoms with Crippen molar-refractivity contribution in [1.29, 1.82) is 0 Å². The number of carboxylic acid groups (broad SMARTS) is 1. The van der Waals surface area contributed by atoms with Gasteiger partial charge in [-0.2, -0.15) is 0 Å². The summed E-state index contributed by atoms with van der Waals surface area (Å²) in [5.74, 6) is -0.662. The van der Waals surface area contributed by atoms with Gasteiger partial charge in [-0.25, -0.2) is 0 Å². The van der Waals surface area contributed by atoms with Gasteiger partial charge in [0.2, 0.25) is 0 Å². The molecule has 1 N–H and O–H groups in total. The van der Waals surface area contributed by atoms with E-state index in [1.54, 1.807) is 0 Å². The maximum Gasteiger partial charge on any atom is 0.306 e. The van der Waals surface area contributed by atoms with E-state index in [1.165, 1.54) is 83.5 Å². The van der Waals surface area contributed by atoms with Gasteiger partial charge in [0.05, 0.1) is 5.92 Å². The van der Waals surface area contributed by atoms with Crippen molar-refractivity contribution in [1.82, 2.24) is 0 Å². The second-order valence-corrected chi connectivity index (χ2v) is 7.21. The Balaban J connectivity index is 3.50. The van der Waals surface area contributed by atoms with Crippen molar-refractivity contribution in [2.75, 3.05) is 0 Å². The maximum absolute atomic E-state index is 11.3. The van der Waals surface area contributed by atoms with Gasteiger partial charge < -0.3 is 5.11 Å². The number of rotatable bonds is 18. The molecule has 0 aromatic heterocycles. The molecule has 0 aromatic carbocycles. The quantitative estimate of drug-likeness (QED) is 0.267. The van der Waals surface area contributed by atoms with Crippen molar-refractivity contribution in [3.05, 3.63) is 0 Å². The summed E-state index contributed by atoms with van der Waals surface area (Å²) in [6.07, 6.45) is 21.0. The lowest BCUT2D eigenvalue weighted by Gasteiger charge is -2.12. The first-order valence-corrected chi connectivity index (χ1v) is 10.4. The fraction of sp³-hybridized carbons (Fsp3) is 0.952. The first-order chi connectivity index (χ1) is 11.2. The standard InChI is InChI=1S/C21H42O2/c1-3-5-7-9-11-13-15-17-19-20(21(22)23)18-16-14-12-10-8-6-4-2/h20H,3-19H2,1-2H3,(H,22,23). The first kappa shape index (κ1) is 22.5. The van der Waals surface area contributed by atoms with Crippen molar-refractivity contribution in [3.8, 4) is 0 Å². The number of carboxylic acids is 1. The lowest BCUT2D eigenvalue weighted by atomic mass is 9.94. The molecule has 138 valence electrons. The molecule has 0 aromatic rings. The van der Waals surface area contributed by atoms with Crippen LogP contribution < -0.4 is 0 Å². The van der Waals surface area contributed by atoms with E-state index in [1.807, 2.05) is 0 Å². The molecule has 0 fully saturated rings. The van der Waals surface area contributed by atoms with Crippen LogP contribution in [0.4, 0.5) is 0 Å². The molecule has 2 nitrogen and oxygen atoms in total. The van der Waals surface area contributed by atoms with Crippen LogP contribution in [0, 0.1) is 5.92 Å². The molecule has 0 radical (unpaired) electrons. The molecule has 0 heterocycles. The Labute approximate surface area is 145 Å². The van der Waals surface area contributed by atoms with Gasteiger partial charge >= 0.3 is 5.97 Å². The summed E-state index contributed by atoms with van der Waals surface area (Å²) in [4.78, 5) is 11.3. The van der Waals surface area contributed by atoms with E-state index in [9.17, 15) is 9.90 Å². The van der Waals surface area contributed by atoms with E-state index in [4.69, 9.17) is 0 Å². The zero-order valence-electron chi connectivity index (χ0n) is 16.0. The predicted molar refractivity (Wildman–Crippen MR) is 101 cm³/mol. The molecular formula is C21H42O2. The number of hydrogen-bond acceptors (Lipinski definition) is 1. The normalized spacial score (nSPS) is 12.4. The molecule has 2 heteroatoms. The monoisotopic (exact) mass is 326 g/mol. The van der Waals surface area contributed by atoms with E-state index in [2.05, 4.69) is 13.8 Å². The SMILES string of the molecule is CCCCCCCCCCC(CCCCCCCCC)C(=O)O. The van der Waals surface area contributed by atoms with Crippen molar-refractivity contribution < 1.29 is 9.90 Å². The summed E-state index contributed by atoms with van der Waals surface area (Å²) in [7, 11) is 0. The minimum atomic E-state index is -0.570. The Morgan fingerprint density at radius 3 is 1.22 bits per heavy atom. The summed E-state index contributed by atoms with van der Waals surface area (Å²) >= 11 is 0. The van der Waals surface area contributed by atoms with Crippen LogP contribution in [0.25, 0.3) is 0 Å². The minimum absolute atomic E-state index is 0.0919. The van der Waals surface area contributed by atoms with Gasteiger partial charge in [0, 0.05) is 0 Å². The zero-order valence-corrected chi connectivity index (χ0v) is 16.0. The van der Waals surface area contributed by atoms with Crippen LogP contribution in [0.15, 0.2) is 0 Å². The maximum atomic E-state index is 11.3. The highest BCUT2D eigenvalue weighted by Crippen LogP contribution is 2.19. The van der Waals surface area contributed by atoms with Crippen molar-refractivity contribution in [3.63, 3.8) is 0 Å². The Morgan fingerprint density at radius 2 is 0.913 bits per heavy atom. The van der Waals surface area contributed by atoms with Crippen LogP contribution in [-0.2, 0) is 4.79 Å². The third-order valence-corrected chi connectivity index (χ3v) is 4.91. The van der Waals surface area contributed by atoms with Crippen LogP contribution in [-0.4, -0.2) is 11.1 Å². The molecule has 0 rings (SSSR count). The van der Waals surface area contributed by atoms with Gasteiger partial charge in [-0.05, 0) is 12.8 Å². The highest BCUT2D eigenvalue weighted by molar-refractivity contribution is 5.69. The predicted octanol–water partition coefficient (Wildman–Crippen LogP) is 7.36. The summed E-state index contributed by atoms with van der Waals surface area (Å²) in [5.41, 5.74) is 0. The van der Waals surface area contributed by atoms with E-state index in [-0.39, 0.29) is 5.92 Å². The third-order valence-electron chi connectivity index (χ3n) is 4.91. The highest BCUT2D eigenvalue weighted by atomic mass is 16.4. The highest BCUT2D eigenvalue weighted by Gasteiger charge is 2.16. The average Bonchev–Trinajstić information content (AvgIpc) is 2.54. The van der Waals surface area contributed by atoms with Crippen molar-refractivity contribution in [2.24, 2.45) is 5.92 Å². The van der Waals surface area contributed by atoms with E-state index in [0.29, 0.717) is 0 Å². The molecule has 0 aliphatic carbocycles. The molecule has 23 heavy (non-hydrogen) atoms. The summed E-state index contributed by atoms with van der Waals surface area (Å²) in [5, 5.41) is 9.35. The first-order valence-electron chi connectivity index (χ1n) is 10.4. The number of hydrogen-bond donors (Lipinski definition) is 1. The lowest BCUT2D eigenvalue weighted by molar-refractivity contribution is -0.142. The Morgan fingerprint density at radius 1 is 0.609 bits per heavy atom. The molecule has 0 amide bonds. The molecule has 0 aliphatic heterocycles. The molecule has 1 unspecified atom stereocenters. The van der Waals surface area contributed by atoms with Crippen LogP contribution in [0.2, 0.25) is 0 Å². The van der Waals surface area contributed by atoms with E-state index >= 15 is 0 Å². The van der Waals surface area contributed by atoms with Crippen LogP contribution >= 0.6 is 0 Å². The van der Waals surface area contributed by atoms with E-state index < -0.39 is 5.97 Å². The van der Waals surface area contributed by atoms with Gasteiger partial charge in [-0.1, -0.05) is 110 Å². The third kappa shape index (κ3) is 16.1. The Kier molecular flexibility index (Phi) is 17.4. The van der Waals surface area contributed by atoms with Crippen LogP contribution in [0.1, 0.15) is 123 Å². The summed E-state index contributed by atoms with van der Waals surface area (Å²) in [6.45, 7) is 4.49. The molecule has 0 aliphatic rings. The molecular weight excluding hydrogens is 284 g/mol. The fourth-order valence-corrected chi connectivity index (χ4v) is 3.26. The Bertz CT molecular complexity index is 250.